The second-order valence-corrected chi connectivity index (χ2v) is 13.7. The number of hydrogen-bond donors (Lipinski definition) is 3. The zero-order valence-corrected chi connectivity index (χ0v) is 30.4. The molecule has 0 aromatic carbocycles. The number of ether oxygens (including phenoxy) is 1. The lowest BCUT2D eigenvalue weighted by Crippen LogP contribution is -2.40. The molecular weight excluding hydrogens is 576 g/mol. The SMILES string of the molecule is CCCCCCCCCCCCCCCCCCC(=O)OC(CCCCCCC)CCCCCCC(=O)NC(CCCN)C(=O)O. The Bertz CT molecular complexity index is 702. The summed E-state index contributed by atoms with van der Waals surface area (Å²) in [5, 5.41) is 11.9. The number of carbonyl (C=O) groups excluding carboxylic acids is 2. The zero-order chi connectivity index (χ0) is 33.9. The number of carboxylic acids is 1. The summed E-state index contributed by atoms with van der Waals surface area (Å²) in [5.74, 6) is -1.26. The standard InChI is InChI=1S/C39H76N2O5/c1-3-5-7-9-10-11-12-13-14-15-16-17-18-19-21-27-33-38(43)46-35(29-24-20-8-6-4-2)30-25-22-23-26-32-37(42)41-36(39(44)45)31-28-34-40/h35-36H,3-34,40H2,1-2H3,(H,41,42)(H,44,45). The Balaban J connectivity index is 4.03. The van der Waals surface area contributed by atoms with Gasteiger partial charge in [0.15, 0.2) is 0 Å². The summed E-state index contributed by atoms with van der Waals surface area (Å²) >= 11 is 0. The fraction of sp³-hybridized carbons (Fsp3) is 0.923. The topological polar surface area (TPSA) is 119 Å². The van der Waals surface area contributed by atoms with Gasteiger partial charge in [-0.05, 0) is 57.9 Å². The first kappa shape index (κ1) is 44.4. The maximum absolute atomic E-state index is 12.6. The van der Waals surface area contributed by atoms with Crippen molar-refractivity contribution in [3.63, 3.8) is 0 Å². The molecule has 0 aliphatic heterocycles. The van der Waals surface area contributed by atoms with Gasteiger partial charge < -0.3 is 20.9 Å². The van der Waals surface area contributed by atoms with E-state index in [1.165, 1.54) is 116 Å². The average Bonchev–Trinajstić information content (AvgIpc) is 3.03. The van der Waals surface area contributed by atoms with Crippen LogP contribution < -0.4 is 11.1 Å². The monoisotopic (exact) mass is 653 g/mol. The van der Waals surface area contributed by atoms with E-state index in [9.17, 15) is 19.5 Å². The van der Waals surface area contributed by atoms with Gasteiger partial charge >= 0.3 is 11.9 Å². The van der Waals surface area contributed by atoms with Crippen LogP contribution >= 0.6 is 0 Å². The summed E-state index contributed by atoms with van der Waals surface area (Å²) in [6.07, 6.45) is 34.4. The summed E-state index contributed by atoms with van der Waals surface area (Å²) in [4.78, 5) is 36.1. The van der Waals surface area contributed by atoms with Gasteiger partial charge in [0.1, 0.15) is 12.1 Å². The first-order valence-electron chi connectivity index (χ1n) is 19.9. The van der Waals surface area contributed by atoms with E-state index in [-0.39, 0.29) is 18.0 Å². The van der Waals surface area contributed by atoms with Crippen molar-refractivity contribution in [3.8, 4) is 0 Å². The summed E-state index contributed by atoms with van der Waals surface area (Å²) < 4.78 is 5.96. The molecule has 0 radical (unpaired) electrons. The van der Waals surface area contributed by atoms with Gasteiger partial charge in [0, 0.05) is 12.8 Å². The predicted molar refractivity (Wildman–Crippen MR) is 193 cm³/mol. The average molecular weight is 653 g/mol. The molecule has 0 aliphatic rings. The van der Waals surface area contributed by atoms with Gasteiger partial charge in [0.05, 0.1) is 0 Å². The van der Waals surface area contributed by atoms with Gasteiger partial charge in [-0.3, -0.25) is 9.59 Å². The molecule has 0 aliphatic carbocycles. The van der Waals surface area contributed by atoms with Crippen molar-refractivity contribution in [2.75, 3.05) is 6.54 Å². The highest BCUT2D eigenvalue weighted by Crippen LogP contribution is 2.18. The Hall–Kier alpha value is -1.63. The first-order valence-corrected chi connectivity index (χ1v) is 19.9. The van der Waals surface area contributed by atoms with Crippen molar-refractivity contribution < 1.29 is 24.2 Å². The number of hydrogen-bond acceptors (Lipinski definition) is 5. The van der Waals surface area contributed by atoms with Crippen LogP contribution in [0.4, 0.5) is 0 Å². The van der Waals surface area contributed by atoms with E-state index in [4.69, 9.17) is 10.5 Å². The van der Waals surface area contributed by atoms with Crippen molar-refractivity contribution in [1.29, 1.82) is 0 Å². The summed E-state index contributed by atoms with van der Waals surface area (Å²) in [6, 6.07) is -0.858. The minimum Gasteiger partial charge on any atom is -0.480 e. The van der Waals surface area contributed by atoms with Crippen LogP contribution in [0, 0.1) is 0 Å². The number of esters is 1. The van der Waals surface area contributed by atoms with Crippen LogP contribution in [0.3, 0.4) is 0 Å². The smallest absolute Gasteiger partial charge is 0.326 e. The molecule has 0 heterocycles. The molecule has 1 amide bonds. The van der Waals surface area contributed by atoms with Gasteiger partial charge in [-0.2, -0.15) is 0 Å². The number of amides is 1. The van der Waals surface area contributed by atoms with Crippen molar-refractivity contribution in [1.82, 2.24) is 5.32 Å². The second-order valence-electron chi connectivity index (χ2n) is 13.7. The van der Waals surface area contributed by atoms with Crippen LogP contribution in [-0.2, 0) is 19.1 Å². The quantitative estimate of drug-likeness (QED) is 0.0458. The number of unbranched alkanes of at least 4 members (excludes halogenated alkanes) is 22. The Morgan fingerprint density at radius 3 is 1.35 bits per heavy atom. The molecule has 0 aromatic rings. The molecule has 0 rings (SSSR count). The molecule has 7 nitrogen and oxygen atoms in total. The largest absolute Gasteiger partial charge is 0.480 e. The fourth-order valence-electron chi connectivity index (χ4n) is 6.16. The van der Waals surface area contributed by atoms with Crippen molar-refractivity contribution in [2.45, 2.75) is 225 Å². The molecular formula is C39H76N2O5. The highest BCUT2D eigenvalue weighted by atomic mass is 16.5. The normalized spacial score (nSPS) is 12.6. The molecule has 46 heavy (non-hydrogen) atoms. The molecule has 0 saturated heterocycles. The lowest BCUT2D eigenvalue weighted by atomic mass is 10.0. The number of aliphatic carboxylic acids is 1. The molecule has 0 aromatic heterocycles. The van der Waals surface area contributed by atoms with Gasteiger partial charge in [-0.25, -0.2) is 4.79 Å². The third-order valence-electron chi connectivity index (χ3n) is 9.17. The van der Waals surface area contributed by atoms with E-state index in [1.54, 1.807) is 0 Å². The third-order valence-corrected chi connectivity index (χ3v) is 9.17. The molecule has 0 spiro atoms. The Kier molecular flexibility index (Phi) is 33.5. The zero-order valence-electron chi connectivity index (χ0n) is 30.4. The second kappa shape index (κ2) is 34.7. The van der Waals surface area contributed by atoms with E-state index in [2.05, 4.69) is 19.2 Å². The lowest BCUT2D eigenvalue weighted by Gasteiger charge is -2.18. The van der Waals surface area contributed by atoms with Crippen LogP contribution in [0.5, 0.6) is 0 Å². The van der Waals surface area contributed by atoms with Crippen LogP contribution in [0.2, 0.25) is 0 Å². The van der Waals surface area contributed by atoms with Crippen molar-refractivity contribution in [3.05, 3.63) is 0 Å². The molecule has 0 fully saturated rings. The maximum atomic E-state index is 12.6. The number of nitrogens with two attached hydrogens (primary N) is 1. The van der Waals surface area contributed by atoms with E-state index in [0.29, 0.717) is 32.2 Å². The van der Waals surface area contributed by atoms with Crippen LogP contribution in [0.1, 0.15) is 213 Å². The Morgan fingerprint density at radius 1 is 0.543 bits per heavy atom. The van der Waals surface area contributed by atoms with Crippen molar-refractivity contribution >= 4 is 17.8 Å². The third kappa shape index (κ3) is 31.0. The highest BCUT2D eigenvalue weighted by Gasteiger charge is 2.19. The molecule has 7 heteroatoms. The summed E-state index contributed by atoms with van der Waals surface area (Å²) in [6.45, 7) is 4.91. The van der Waals surface area contributed by atoms with Gasteiger partial charge in [0.2, 0.25) is 5.91 Å². The number of carboxylic acid groups (broad SMARTS) is 1. The summed E-state index contributed by atoms with van der Waals surface area (Å²) in [5.41, 5.74) is 5.47. The van der Waals surface area contributed by atoms with E-state index < -0.39 is 12.0 Å². The molecule has 0 saturated carbocycles. The molecule has 0 bridgehead atoms. The van der Waals surface area contributed by atoms with Crippen LogP contribution in [0.25, 0.3) is 0 Å². The van der Waals surface area contributed by atoms with E-state index in [1.807, 2.05) is 0 Å². The maximum Gasteiger partial charge on any atom is 0.326 e. The highest BCUT2D eigenvalue weighted by molar-refractivity contribution is 5.83. The predicted octanol–water partition coefficient (Wildman–Crippen LogP) is 10.6. The number of carbonyl (C=O) groups is 3. The molecule has 4 N–H and O–H groups in total. The Labute approximate surface area is 284 Å². The Morgan fingerprint density at radius 2 is 0.935 bits per heavy atom. The van der Waals surface area contributed by atoms with Crippen LogP contribution in [0.15, 0.2) is 0 Å². The minimum atomic E-state index is -1.01. The summed E-state index contributed by atoms with van der Waals surface area (Å²) in [7, 11) is 0. The van der Waals surface area contributed by atoms with Crippen LogP contribution in [-0.4, -0.2) is 41.6 Å². The molecule has 2 atom stereocenters. The minimum absolute atomic E-state index is 0.00245. The lowest BCUT2D eigenvalue weighted by molar-refractivity contribution is -0.150. The van der Waals surface area contributed by atoms with Gasteiger partial charge in [-0.1, -0.05) is 149 Å². The molecule has 2 unspecified atom stereocenters. The van der Waals surface area contributed by atoms with E-state index in [0.717, 1.165) is 57.8 Å². The van der Waals surface area contributed by atoms with E-state index >= 15 is 0 Å². The number of nitrogens with one attached hydrogen (secondary N) is 1. The first-order chi connectivity index (χ1) is 22.4. The fourth-order valence-corrected chi connectivity index (χ4v) is 6.16. The number of rotatable bonds is 36. The van der Waals surface area contributed by atoms with Gasteiger partial charge in [0.25, 0.3) is 0 Å². The molecule has 272 valence electrons. The van der Waals surface area contributed by atoms with Gasteiger partial charge in [-0.15, -0.1) is 0 Å². The van der Waals surface area contributed by atoms with Crippen molar-refractivity contribution in [2.24, 2.45) is 5.73 Å².